The number of carbonyl (C=O) groups excluding carboxylic acids is 1. The highest BCUT2D eigenvalue weighted by Crippen LogP contribution is 2.32. The smallest absolute Gasteiger partial charge is 0.153 e. The molecule has 0 aliphatic carbocycles. The molecule has 8 bridgehead atoms. The lowest BCUT2D eigenvalue weighted by Gasteiger charge is -2.26. The maximum Gasteiger partial charge on any atom is 0.153 e. The Balaban J connectivity index is 1.75. The number of fused-ring (bicyclic) bond motifs is 8. The van der Waals surface area contributed by atoms with Gasteiger partial charge in [0.25, 0.3) is 0 Å². The molecule has 9 heteroatoms. The summed E-state index contributed by atoms with van der Waals surface area (Å²) < 4.78 is 0. The minimum Gasteiger partial charge on any atom is -0.314 e. The van der Waals surface area contributed by atoms with Gasteiger partial charge in [-0.1, -0.05) is 18.2 Å². The Hall–Kier alpha value is -4.53. The van der Waals surface area contributed by atoms with Gasteiger partial charge < -0.3 is 19.6 Å². The van der Waals surface area contributed by atoms with E-state index >= 15 is 0 Å². The predicted molar refractivity (Wildman–Crippen MR) is 135 cm³/mol. The summed E-state index contributed by atoms with van der Waals surface area (Å²) in [5, 5.41) is 0. The summed E-state index contributed by atoms with van der Waals surface area (Å²) in [7, 11) is 7.60. The summed E-state index contributed by atoms with van der Waals surface area (Å²) in [6.45, 7) is 0. The van der Waals surface area contributed by atoms with Crippen molar-refractivity contribution >= 4 is 52.8 Å². The van der Waals surface area contributed by atoms with Crippen molar-refractivity contribution in [1.82, 2.24) is 19.9 Å². The van der Waals surface area contributed by atoms with Crippen LogP contribution in [0.2, 0.25) is 0 Å². The molecule has 4 aromatic heterocycles. The van der Waals surface area contributed by atoms with Gasteiger partial charge in [-0.2, -0.15) is 0 Å². The lowest BCUT2D eigenvalue weighted by Crippen LogP contribution is -2.21. The zero-order chi connectivity index (χ0) is 23.8. The molecule has 0 amide bonds. The predicted octanol–water partition coefficient (Wildman–Crippen LogP) is 4.46. The first kappa shape index (κ1) is 21.3. The molecule has 0 N–H and O–H groups in total. The number of anilines is 8. The quantitative estimate of drug-likeness (QED) is 0.389. The zero-order valence-electron chi connectivity index (χ0n) is 19.4. The molecule has 0 spiro atoms. The fourth-order valence-electron chi connectivity index (χ4n) is 3.81. The molecule has 9 nitrogen and oxygen atoms in total. The van der Waals surface area contributed by atoms with Crippen LogP contribution in [0, 0.1) is 0 Å². The van der Waals surface area contributed by atoms with Gasteiger partial charge in [0.05, 0.1) is 5.56 Å². The molecule has 5 heterocycles. The normalized spacial score (nSPS) is 13.2. The van der Waals surface area contributed by atoms with Crippen LogP contribution < -0.4 is 19.6 Å². The summed E-state index contributed by atoms with van der Waals surface area (Å²) in [4.78, 5) is 38.7. The third kappa shape index (κ3) is 3.66. The van der Waals surface area contributed by atoms with Gasteiger partial charge in [0.1, 0.15) is 46.5 Å². The SMILES string of the molecule is CN1c2cccc(n2)N(C)c2cccc(n2)N(C)c2nc(ccc2C=O)N(C)c2cccc1n2. The van der Waals surface area contributed by atoms with Crippen molar-refractivity contribution in [1.29, 1.82) is 0 Å². The number of hydrogen-bond acceptors (Lipinski definition) is 9. The molecule has 0 saturated carbocycles. The Morgan fingerprint density at radius 1 is 0.500 bits per heavy atom. The maximum atomic E-state index is 11.8. The van der Waals surface area contributed by atoms with Crippen LogP contribution in [0.25, 0.3) is 0 Å². The van der Waals surface area contributed by atoms with Crippen molar-refractivity contribution in [2.45, 2.75) is 0 Å². The number of carbonyl (C=O) groups is 1. The Kier molecular flexibility index (Phi) is 5.29. The second kappa shape index (κ2) is 8.43. The molecule has 34 heavy (non-hydrogen) atoms. The minimum absolute atomic E-state index is 0.470. The van der Waals surface area contributed by atoms with Gasteiger partial charge in [0, 0.05) is 28.2 Å². The fourth-order valence-corrected chi connectivity index (χ4v) is 3.81. The summed E-state index contributed by atoms with van der Waals surface area (Å²) in [5.74, 6) is 5.48. The monoisotopic (exact) mass is 452 g/mol. The van der Waals surface area contributed by atoms with E-state index in [1.54, 1.807) is 6.07 Å². The van der Waals surface area contributed by atoms with E-state index < -0.39 is 0 Å². The Bertz CT molecular complexity index is 1370. The Morgan fingerprint density at radius 2 is 0.853 bits per heavy atom. The van der Waals surface area contributed by atoms with Gasteiger partial charge in [-0.05, 0) is 48.5 Å². The summed E-state index contributed by atoms with van der Waals surface area (Å²) in [5.41, 5.74) is 0.470. The van der Waals surface area contributed by atoms with E-state index in [-0.39, 0.29) is 0 Å². The number of pyridine rings is 4. The van der Waals surface area contributed by atoms with Crippen LogP contribution in [0.1, 0.15) is 10.4 Å². The van der Waals surface area contributed by atoms with Crippen molar-refractivity contribution in [3.8, 4) is 0 Å². The summed E-state index contributed by atoms with van der Waals surface area (Å²) >= 11 is 0. The molecule has 1 aliphatic rings. The molecule has 0 aromatic carbocycles. The molecule has 1 aliphatic heterocycles. The summed E-state index contributed by atoms with van der Waals surface area (Å²) in [6, 6.07) is 21.0. The first-order chi connectivity index (χ1) is 16.5. The Morgan fingerprint density at radius 3 is 1.24 bits per heavy atom. The van der Waals surface area contributed by atoms with Gasteiger partial charge in [-0.25, -0.2) is 19.9 Å². The van der Waals surface area contributed by atoms with Crippen molar-refractivity contribution in [2.75, 3.05) is 47.8 Å². The number of rotatable bonds is 1. The van der Waals surface area contributed by atoms with Crippen LogP contribution >= 0.6 is 0 Å². The largest absolute Gasteiger partial charge is 0.314 e. The van der Waals surface area contributed by atoms with Crippen LogP contribution in [-0.2, 0) is 0 Å². The number of aromatic nitrogens is 4. The topological polar surface area (TPSA) is 81.6 Å². The van der Waals surface area contributed by atoms with Crippen LogP contribution in [0.3, 0.4) is 0 Å². The maximum absolute atomic E-state index is 11.8. The minimum atomic E-state index is 0.470. The molecule has 0 fully saturated rings. The zero-order valence-corrected chi connectivity index (χ0v) is 19.4. The highest BCUT2D eigenvalue weighted by atomic mass is 16.1. The van der Waals surface area contributed by atoms with E-state index in [0.717, 1.165) is 23.7 Å². The van der Waals surface area contributed by atoms with Gasteiger partial charge in [-0.3, -0.25) is 4.79 Å². The number of aldehydes is 1. The molecular weight excluding hydrogens is 428 g/mol. The lowest BCUT2D eigenvalue weighted by atomic mass is 10.2. The number of nitrogens with zero attached hydrogens (tertiary/aromatic N) is 8. The van der Waals surface area contributed by atoms with E-state index in [9.17, 15) is 4.79 Å². The van der Waals surface area contributed by atoms with Gasteiger partial charge in [0.15, 0.2) is 6.29 Å². The first-order valence-electron chi connectivity index (χ1n) is 10.8. The van der Waals surface area contributed by atoms with E-state index in [0.29, 0.717) is 34.7 Å². The Labute approximate surface area is 198 Å². The van der Waals surface area contributed by atoms with Gasteiger partial charge in [0.2, 0.25) is 0 Å². The highest BCUT2D eigenvalue weighted by Gasteiger charge is 2.19. The number of hydrogen-bond donors (Lipinski definition) is 0. The molecule has 0 unspecified atom stereocenters. The molecular formula is C25H24N8O. The highest BCUT2D eigenvalue weighted by molar-refractivity contribution is 5.85. The fraction of sp³-hybridized carbons (Fsp3) is 0.160. The third-order valence-electron chi connectivity index (χ3n) is 5.90. The van der Waals surface area contributed by atoms with E-state index in [1.165, 1.54) is 0 Å². The van der Waals surface area contributed by atoms with Crippen molar-refractivity contribution < 1.29 is 4.79 Å². The first-order valence-corrected chi connectivity index (χ1v) is 10.8. The standard InChI is InChI=1S/C25H24N8O/c1-30-18-8-5-9-19(26-18)31(2)22-12-7-13-23(28-22)33(4)25-17(16-34)14-15-24(29-25)32(3)21-11-6-10-20(30)27-21/h5-16H,1-4H3. The molecule has 0 atom stereocenters. The molecule has 170 valence electrons. The average Bonchev–Trinajstić information content (AvgIpc) is 2.90. The van der Waals surface area contributed by atoms with Gasteiger partial charge >= 0.3 is 0 Å². The van der Waals surface area contributed by atoms with Crippen molar-refractivity contribution in [2.24, 2.45) is 0 Å². The second-order valence-electron chi connectivity index (χ2n) is 8.00. The van der Waals surface area contributed by atoms with E-state index in [4.69, 9.17) is 19.9 Å². The van der Waals surface area contributed by atoms with E-state index in [1.807, 2.05) is 108 Å². The average molecular weight is 453 g/mol. The molecule has 0 radical (unpaired) electrons. The van der Waals surface area contributed by atoms with Crippen LogP contribution in [0.15, 0.2) is 66.7 Å². The molecule has 0 saturated heterocycles. The van der Waals surface area contributed by atoms with Crippen molar-refractivity contribution in [3.05, 3.63) is 72.3 Å². The van der Waals surface area contributed by atoms with Gasteiger partial charge in [-0.15, -0.1) is 0 Å². The second-order valence-corrected chi connectivity index (χ2v) is 8.00. The lowest BCUT2D eigenvalue weighted by molar-refractivity contribution is 0.112. The molecule has 4 aromatic rings. The van der Waals surface area contributed by atoms with E-state index in [2.05, 4.69) is 0 Å². The van der Waals surface area contributed by atoms with Crippen molar-refractivity contribution in [3.63, 3.8) is 0 Å². The van der Waals surface area contributed by atoms with Crippen LogP contribution in [-0.4, -0.2) is 54.4 Å². The summed E-state index contributed by atoms with van der Waals surface area (Å²) in [6.07, 6.45) is 0.806. The van der Waals surface area contributed by atoms with Crippen LogP contribution in [0.4, 0.5) is 46.5 Å². The molecule has 5 rings (SSSR count). The third-order valence-corrected chi connectivity index (χ3v) is 5.90. The van der Waals surface area contributed by atoms with Crippen LogP contribution in [0.5, 0.6) is 0 Å².